The molecule has 0 aliphatic heterocycles. The van der Waals surface area contributed by atoms with Gasteiger partial charge in [-0.2, -0.15) is 0 Å². The Hall–Kier alpha value is -0.990. The molecule has 0 bridgehead atoms. The van der Waals surface area contributed by atoms with Crippen LogP contribution < -0.4 is 0 Å². The molecular weight excluding hydrogens is 240 g/mol. The Bertz CT molecular complexity index is 247. The Morgan fingerprint density at radius 3 is 1.05 bits per heavy atom. The Labute approximate surface area is 118 Å². The Morgan fingerprint density at radius 2 is 0.895 bits per heavy atom. The van der Waals surface area contributed by atoms with Gasteiger partial charge < -0.3 is 14.4 Å². The van der Waals surface area contributed by atoms with Gasteiger partial charge in [-0.05, 0) is 45.4 Å². The molecular formula is C16H30O3. The van der Waals surface area contributed by atoms with E-state index in [2.05, 4.69) is 6.92 Å². The Kier molecular flexibility index (Phi) is 11.7. The average Bonchev–Trinajstić information content (AvgIpc) is 2.34. The van der Waals surface area contributed by atoms with Crippen LogP contribution in [0.15, 0.2) is 0 Å². The van der Waals surface area contributed by atoms with Crippen molar-refractivity contribution in [1.29, 1.82) is 0 Å². The van der Waals surface area contributed by atoms with Gasteiger partial charge in [-0.25, -0.2) is 0 Å². The standard InChI is InChI=1S/C14H24O3.C2H6/c1-11(15)5-8-14(4,9-6-12(2)16)10-7-13(3)17;1-2/h5-10H2,1-4H3;1-2H3. The highest BCUT2D eigenvalue weighted by atomic mass is 16.1. The first kappa shape index (κ1) is 20.3. The average molecular weight is 270 g/mol. The normalized spacial score (nSPS) is 10.4. The molecule has 0 aromatic heterocycles. The summed E-state index contributed by atoms with van der Waals surface area (Å²) in [4.78, 5) is 33.1. The number of hydrogen-bond acceptors (Lipinski definition) is 3. The predicted molar refractivity (Wildman–Crippen MR) is 79.2 cm³/mol. The highest BCUT2D eigenvalue weighted by Crippen LogP contribution is 2.34. The number of Topliss-reactive ketones (excluding diaryl/α,β-unsaturated/α-hetero) is 3. The summed E-state index contributed by atoms with van der Waals surface area (Å²) in [5.74, 6) is 0.505. The molecule has 19 heavy (non-hydrogen) atoms. The van der Waals surface area contributed by atoms with Crippen molar-refractivity contribution in [1.82, 2.24) is 0 Å². The van der Waals surface area contributed by atoms with Crippen LogP contribution in [0.3, 0.4) is 0 Å². The van der Waals surface area contributed by atoms with Gasteiger partial charge >= 0.3 is 0 Å². The van der Waals surface area contributed by atoms with Gasteiger partial charge in [-0.1, -0.05) is 20.8 Å². The second-order valence-corrected chi connectivity index (χ2v) is 5.42. The maximum atomic E-state index is 11.0. The third kappa shape index (κ3) is 13.2. The molecule has 0 amide bonds. The Balaban J connectivity index is 0. The van der Waals surface area contributed by atoms with Crippen LogP contribution in [0.4, 0.5) is 0 Å². The Morgan fingerprint density at radius 1 is 0.684 bits per heavy atom. The smallest absolute Gasteiger partial charge is 0.129 e. The molecule has 0 aliphatic carbocycles. The molecule has 0 atom stereocenters. The zero-order valence-corrected chi connectivity index (χ0v) is 13.5. The van der Waals surface area contributed by atoms with Gasteiger partial charge in [0.2, 0.25) is 0 Å². The van der Waals surface area contributed by atoms with E-state index >= 15 is 0 Å². The van der Waals surface area contributed by atoms with E-state index in [9.17, 15) is 14.4 Å². The largest absolute Gasteiger partial charge is 0.300 e. The van der Waals surface area contributed by atoms with E-state index in [1.54, 1.807) is 20.8 Å². The first-order chi connectivity index (χ1) is 8.75. The summed E-state index contributed by atoms with van der Waals surface area (Å²) in [6.45, 7) is 10.8. The summed E-state index contributed by atoms with van der Waals surface area (Å²) in [6, 6.07) is 0. The fraction of sp³-hybridized carbons (Fsp3) is 0.812. The number of rotatable bonds is 9. The zero-order chi connectivity index (χ0) is 15.5. The molecule has 3 nitrogen and oxygen atoms in total. The summed E-state index contributed by atoms with van der Waals surface area (Å²) in [5.41, 5.74) is -0.0665. The molecule has 0 heterocycles. The summed E-state index contributed by atoms with van der Waals surface area (Å²) < 4.78 is 0. The van der Waals surface area contributed by atoms with E-state index in [1.165, 1.54) is 0 Å². The van der Waals surface area contributed by atoms with Crippen molar-refractivity contribution in [3.63, 3.8) is 0 Å². The van der Waals surface area contributed by atoms with Gasteiger partial charge in [0.1, 0.15) is 17.3 Å². The minimum atomic E-state index is -0.0665. The molecule has 112 valence electrons. The zero-order valence-electron chi connectivity index (χ0n) is 13.5. The third-order valence-electron chi connectivity index (χ3n) is 3.24. The fourth-order valence-corrected chi connectivity index (χ4v) is 1.81. The molecule has 0 aromatic carbocycles. The van der Waals surface area contributed by atoms with Crippen LogP contribution in [0, 0.1) is 5.41 Å². The fourth-order valence-electron chi connectivity index (χ4n) is 1.81. The van der Waals surface area contributed by atoms with E-state index in [4.69, 9.17) is 0 Å². The molecule has 0 unspecified atom stereocenters. The monoisotopic (exact) mass is 270 g/mol. The quantitative estimate of drug-likeness (QED) is 0.633. The van der Waals surface area contributed by atoms with Crippen molar-refractivity contribution in [3.05, 3.63) is 0 Å². The van der Waals surface area contributed by atoms with Gasteiger partial charge in [-0.3, -0.25) is 0 Å². The topological polar surface area (TPSA) is 51.2 Å². The van der Waals surface area contributed by atoms with Crippen LogP contribution in [-0.2, 0) is 14.4 Å². The van der Waals surface area contributed by atoms with Crippen molar-refractivity contribution in [3.8, 4) is 0 Å². The number of carbonyl (C=O) groups is 3. The van der Waals surface area contributed by atoms with E-state index in [0.717, 1.165) is 19.3 Å². The minimum absolute atomic E-state index is 0.0665. The lowest BCUT2D eigenvalue weighted by atomic mass is 9.76. The molecule has 0 fully saturated rings. The second-order valence-electron chi connectivity index (χ2n) is 5.42. The number of ketones is 3. The lowest BCUT2D eigenvalue weighted by Gasteiger charge is -2.28. The van der Waals surface area contributed by atoms with Crippen molar-refractivity contribution in [2.75, 3.05) is 0 Å². The van der Waals surface area contributed by atoms with E-state index in [0.29, 0.717) is 19.3 Å². The minimum Gasteiger partial charge on any atom is -0.300 e. The van der Waals surface area contributed by atoms with E-state index in [1.807, 2.05) is 13.8 Å². The lowest BCUT2D eigenvalue weighted by molar-refractivity contribution is -0.117. The molecule has 0 aliphatic rings. The third-order valence-corrected chi connectivity index (χ3v) is 3.24. The predicted octanol–water partition coefficient (Wildman–Crippen LogP) is 4.13. The van der Waals surface area contributed by atoms with E-state index < -0.39 is 0 Å². The summed E-state index contributed by atoms with van der Waals surface area (Å²) >= 11 is 0. The second kappa shape index (κ2) is 10.9. The van der Waals surface area contributed by atoms with Crippen LogP contribution >= 0.6 is 0 Å². The molecule has 0 aromatic rings. The van der Waals surface area contributed by atoms with Crippen LogP contribution in [0.5, 0.6) is 0 Å². The van der Waals surface area contributed by atoms with Crippen molar-refractivity contribution in [2.24, 2.45) is 5.41 Å². The first-order valence-corrected chi connectivity index (χ1v) is 7.23. The van der Waals surface area contributed by atoms with Crippen LogP contribution in [-0.4, -0.2) is 17.3 Å². The molecule has 0 saturated carbocycles. The van der Waals surface area contributed by atoms with Gasteiger partial charge in [0.15, 0.2) is 0 Å². The van der Waals surface area contributed by atoms with Gasteiger partial charge in [0.25, 0.3) is 0 Å². The SMILES string of the molecule is CC.CC(=O)CCC(C)(CCC(C)=O)CCC(C)=O. The molecule has 0 saturated heterocycles. The molecule has 0 rings (SSSR count). The van der Waals surface area contributed by atoms with Gasteiger partial charge in [0.05, 0.1) is 0 Å². The van der Waals surface area contributed by atoms with Crippen molar-refractivity contribution >= 4 is 17.3 Å². The molecule has 3 heteroatoms. The summed E-state index contributed by atoms with van der Waals surface area (Å²) in [5, 5.41) is 0. The number of hydrogen-bond donors (Lipinski definition) is 0. The molecule has 0 N–H and O–H groups in total. The summed E-state index contributed by atoms with van der Waals surface area (Å²) in [6.07, 6.45) is 3.90. The highest BCUT2D eigenvalue weighted by molar-refractivity contribution is 5.76. The maximum absolute atomic E-state index is 11.0. The van der Waals surface area contributed by atoms with Gasteiger partial charge in [-0.15, -0.1) is 0 Å². The van der Waals surface area contributed by atoms with Crippen molar-refractivity contribution < 1.29 is 14.4 Å². The van der Waals surface area contributed by atoms with Gasteiger partial charge in [0, 0.05) is 19.3 Å². The lowest BCUT2D eigenvalue weighted by Crippen LogP contribution is -2.20. The van der Waals surface area contributed by atoms with Crippen LogP contribution in [0.2, 0.25) is 0 Å². The van der Waals surface area contributed by atoms with E-state index in [-0.39, 0.29) is 22.8 Å². The van der Waals surface area contributed by atoms with Crippen molar-refractivity contribution in [2.45, 2.75) is 80.1 Å². The maximum Gasteiger partial charge on any atom is 0.129 e. The molecule has 0 radical (unpaired) electrons. The first-order valence-electron chi connectivity index (χ1n) is 7.23. The molecule has 0 spiro atoms. The van der Waals surface area contributed by atoms with Crippen LogP contribution in [0.25, 0.3) is 0 Å². The highest BCUT2D eigenvalue weighted by Gasteiger charge is 2.25. The summed E-state index contributed by atoms with van der Waals surface area (Å²) in [7, 11) is 0. The van der Waals surface area contributed by atoms with Crippen LogP contribution in [0.1, 0.15) is 80.1 Å². The number of carbonyl (C=O) groups excluding carboxylic acids is 3.